The minimum atomic E-state index is 0. The number of hydrogen-bond acceptors (Lipinski definition) is 2. The zero-order valence-electron chi connectivity index (χ0n) is 8.53. The summed E-state index contributed by atoms with van der Waals surface area (Å²) in [5.74, 6) is 0.855. The third-order valence-electron chi connectivity index (χ3n) is 2.45. The highest BCUT2D eigenvalue weighted by molar-refractivity contribution is 5.85. The molecule has 0 aromatic carbocycles. The molecule has 0 heterocycles. The van der Waals surface area contributed by atoms with E-state index < -0.39 is 0 Å². The van der Waals surface area contributed by atoms with Crippen LogP contribution in [0.25, 0.3) is 0 Å². The third kappa shape index (κ3) is 6.55. The van der Waals surface area contributed by atoms with E-state index >= 15 is 0 Å². The van der Waals surface area contributed by atoms with Crippen LogP contribution in [0, 0.1) is 5.92 Å². The molecule has 1 saturated carbocycles. The van der Waals surface area contributed by atoms with Gasteiger partial charge in [0.1, 0.15) is 0 Å². The lowest BCUT2D eigenvalue weighted by atomic mass is 9.86. The molecule has 0 aromatic heterocycles. The molecular formula is C9H22Cl2N2. The maximum Gasteiger partial charge on any atom is 0.00419 e. The summed E-state index contributed by atoms with van der Waals surface area (Å²) in [6.45, 7) is 1.22. The van der Waals surface area contributed by atoms with Gasteiger partial charge in [0.05, 0.1) is 0 Å². The van der Waals surface area contributed by atoms with Gasteiger partial charge in [-0.25, -0.2) is 0 Å². The maximum atomic E-state index is 5.88. The van der Waals surface area contributed by atoms with Gasteiger partial charge in [0.2, 0.25) is 0 Å². The summed E-state index contributed by atoms with van der Waals surface area (Å²) < 4.78 is 0. The van der Waals surface area contributed by atoms with Gasteiger partial charge in [-0.05, 0) is 39.3 Å². The molecule has 0 spiro atoms. The van der Waals surface area contributed by atoms with E-state index in [2.05, 4.69) is 19.0 Å². The Labute approximate surface area is 94.1 Å². The fourth-order valence-electron chi connectivity index (χ4n) is 2.01. The lowest BCUT2D eigenvalue weighted by Gasteiger charge is -2.28. The topological polar surface area (TPSA) is 29.3 Å². The largest absolute Gasteiger partial charge is 0.328 e. The molecule has 1 rings (SSSR count). The molecule has 0 saturated heterocycles. The third-order valence-corrected chi connectivity index (χ3v) is 2.45. The fraction of sp³-hybridized carbons (Fsp3) is 1.00. The standard InChI is InChI=1S/C9H20N2.2ClH/c1-11(2)7-8-4-3-5-9(10)6-8;;/h8-9H,3-7,10H2,1-2H3;2*1H. The van der Waals surface area contributed by atoms with Crippen molar-refractivity contribution in [3.05, 3.63) is 0 Å². The van der Waals surface area contributed by atoms with Gasteiger partial charge in [0.15, 0.2) is 0 Å². The second-order valence-corrected chi connectivity index (χ2v) is 4.05. The van der Waals surface area contributed by atoms with Crippen molar-refractivity contribution in [3.63, 3.8) is 0 Å². The van der Waals surface area contributed by atoms with E-state index in [1.54, 1.807) is 0 Å². The number of rotatable bonds is 2. The molecular weight excluding hydrogens is 207 g/mol. The first kappa shape index (κ1) is 15.9. The van der Waals surface area contributed by atoms with E-state index in [0.717, 1.165) is 5.92 Å². The summed E-state index contributed by atoms with van der Waals surface area (Å²) in [4.78, 5) is 2.27. The fourth-order valence-corrected chi connectivity index (χ4v) is 2.01. The van der Waals surface area contributed by atoms with Crippen LogP contribution in [-0.4, -0.2) is 31.6 Å². The molecule has 0 amide bonds. The second kappa shape index (κ2) is 7.86. The highest BCUT2D eigenvalue weighted by Crippen LogP contribution is 2.23. The Hall–Kier alpha value is 0.500. The van der Waals surface area contributed by atoms with Gasteiger partial charge >= 0.3 is 0 Å². The van der Waals surface area contributed by atoms with E-state index in [-0.39, 0.29) is 24.8 Å². The van der Waals surface area contributed by atoms with Crippen molar-refractivity contribution in [1.29, 1.82) is 0 Å². The SMILES string of the molecule is CN(C)CC1CCCC(N)C1.Cl.Cl. The number of nitrogens with two attached hydrogens (primary N) is 1. The van der Waals surface area contributed by atoms with E-state index in [1.165, 1.54) is 32.2 Å². The monoisotopic (exact) mass is 228 g/mol. The first-order chi connectivity index (χ1) is 5.18. The Kier molecular flexibility index (Phi) is 9.65. The minimum Gasteiger partial charge on any atom is -0.328 e. The lowest BCUT2D eigenvalue weighted by molar-refractivity contribution is 0.247. The molecule has 1 fully saturated rings. The summed E-state index contributed by atoms with van der Waals surface area (Å²) in [7, 11) is 4.28. The van der Waals surface area contributed by atoms with Crippen LogP contribution in [0.5, 0.6) is 0 Å². The van der Waals surface area contributed by atoms with E-state index in [9.17, 15) is 0 Å². The Balaban J connectivity index is 0. The van der Waals surface area contributed by atoms with Crippen molar-refractivity contribution in [2.45, 2.75) is 31.7 Å². The Morgan fingerprint density at radius 2 is 1.85 bits per heavy atom. The van der Waals surface area contributed by atoms with Crippen LogP contribution in [0.15, 0.2) is 0 Å². The highest BCUT2D eigenvalue weighted by Gasteiger charge is 2.19. The smallest absolute Gasteiger partial charge is 0.00419 e. The average molecular weight is 229 g/mol. The molecule has 13 heavy (non-hydrogen) atoms. The number of hydrogen-bond donors (Lipinski definition) is 1. The van der Waals surface area contributed by atoms with Crippen molar-refractivity contribution in [3.8, 4) is 0 Å². The molecule has 2 atom stereocenters. The molecule has 1 aliphatic rings. The van der Waals surface area contributed by atoms with Crippen molar-refractivity contribution in [2.75, 3.05) is 20.6 Å². The van der Waals surface area contributed by atoms with Crippen LogP contribution in [0.2, 0.25) is 0 Å². The van der Waals surface area contributed by atoms with Gasteiger partial charge in [0.25, 0.3) is 0 Å². The van der Waals surface area contributed by atoms with Gasteiger partial charge in [-0.1, -0.05) is 6.42 Å². The molecule has 2 unspecified atom stereocenters. The molecule has 4 heteroatoms. The summed E-state index contributed by atoms with van der Waals surface area (Å²) >= 11 is 0. The van der Waals surface area contributed by atoms with Crippen molar-refractivity contribution in [1.82, 2.24) is 4.90 Å². The summed E-state index contributed by atoms with van der Waals surface area (Å²) in [6, 6.07) is 0.480. The summed E-state index contributed by atoms with van der Waals surface area (Å²) in [5.41, 5.74) is 5.88. The average Bonchev–Trinajstić information content (AvgIpc) is 1.85. The first-order valence-electron chi connectivity index (χ1n) is 4.59. The summed E-state index contributed by atoms with van der Waals surface area (Å²) in [6.07, 6.45) is 5.19. The van der Waals surface area contributed by atoms with Crippen LogP contribution >= 0.6 is 24.8 Å². The minimum absolute atomic E-state index is 0. The number of halogens is 2. The van der Waals surface area contributed by atoms with E-state index in [0.29, 0.717) is 6.04 Å². The van der Waals surface area contributed by atoms with Crippen molar-refractivity contribution < 1.29 is 0 Å². The van der Waals surface area contributed by atoms with Crippen LogP contribution < -0.4 is 5.73 Å². The molecule has 0 bridgehead atoms. The molecule has 0 aliphatic heterocycles. The zero-order chi connectivity index (χ0) is 8.27. The molecule has 0 aromatic rings. The molecule has 1 aliphatic carbocycles. The molecule has 2 nitrogen and oxygen atoms in total. The van der Waals surface area contributed by atoms with Gasteiger partial charge in [-0.2, -0.15) is 0 Å². The van der Waals surface area contributed by atoms with Crippen molar-refractivity contribution >= 4 is 24.8 Å². The lowest BCUT2D eigenvalue weighted by Crippen LogP contribution is -2.32. The Bertz CT molecular complexity index is 118. The van der Waals surface area contributed by atoms with Crippen LogP contribution in [0.1, 0.15) is 25.7 Å². The van der Waals surface area contributed by atoms with Crippen LogP contribution in [-0.2, 0) is 0 Å². The molecule has 0 radical (unpaired) electrons. The predicted molar refractivity (Wildman–Crippen MR) is 63.0 cm³/mol. The normalized spacial score (nSPS) is 27.7. The Morgan fingerprint density at radius 1 is 1.23 bits per heavy atom. The summed E-state index contributed by atoms with van der Waals surface area (Å²) in [5, 5.41) is 0. The van der Waals surface area contributed by atoms with Crippen LogP contribution in [0.4, 0.5) is 0 Å². The van der Waals surface area contributed by atoms with Gasteiger partial charge in [0, 0.05) is 12.6 Å². The van der Waals surface area contributed by atoms with E-state index in [4.69, 9.17) is 5.73 Å². The maximum absolute atomic E-state index is 5.88. The Morgan fingerprint density at radius 3 is 2.31 bits per heavy atom. The molecule has 2 N–H and O–H groups in total. The first-order valence-corrected chi connectivity index (χ1v) is 4.59. The second-order valence-electron chi connectivity index (χ2n) is 4.05. The highest BCUT2D eigenvalue weighted by atomic mass is 35.5. The van der Waals surface area contributed by atoms with Crippen molar-refractivity contribution in [2.24, 2.45) is 11.7 Å². The predicted octanol–water partition coefficient (Wildman–Crippen LogP) is 1.91. The van der Waals surface area contributed by atoms with E-state index in [1.807, 2.05) is 0 Å². The van der Waals surface area contributed by atoms with Gasteiger partial charge in [-0.3, -0.25) is 0 Å². The zero-order valence-corrected chi connectivity index (χ0v) is 10.2. The quantitative estimate of drug-likeness (QED) is 0.783. The van der Waals surface area contributed by atoms with Crippen LogP contribution in [0.3, 0.4) is 0 Å². The van der Waals surface area contributed by atoms with Gasteiger partial charge in [-0.15, -0.1) is 24.8 Å². The molecule has 82 valence electrons. The number of nitrogens with zero attached hydrogens (tertiary/aromatic N) is 1. The van der Waals surface area contributed by atoms with Gasteiger partial charge < -0.3 is 10.6 Å².